The van der Waals surface area contributed by atoms with Crippen molar-refractivity contribution < 1.29 is 13.2 Å². The predicted octanol–water partition coefficient (Wildman–Crippen LogP) is 2.34. The lowest BCUT2D eigenvalue weighted by molar-refractivity contribution is 0.0708. The molecule has 1 aromatic carbocycles. The molecule has 27 heavy (non-hydrogen) atoms. The molecule has 3 unspecified atom stereocenters. The summed E-state index contributed by atoms with van der Waals surface area (Å²) in [7, 11) is -3.59. The third kappa shape index (κ3) is 5.02. The molecule has 1 aromatic rings. The highest BCUT2D eigenvalue weighted by Crippen LogP contribution is 2.27. The van der Waals surface area contributed by atoms with E-state index in [1.54, 1.807) is 27.4 Å². The van der Waals surface area contributed by atoms with Gasteiger partial charge >= 0.3 is 0 Å². The molecule has 3 rings (SSSR count). The maximum Gasteiger partial charge on any atom is 0.253 e. The van der Waals surface area contributed by atoms with Gasteiger partial charge in [-0.2, -0.15) is 4.31 Å². The molecule has 2 heterocycles. The van der Waals surface area contributed by atoms with Gasteiger partial charge in [0, 0.05) is 37.8 Å². The van der Waals surface area contributed by atoms with E-state index < -0.39 is 10.0 Å². The van der Waals surface area contributed by atoms with Crippen molar-refractivity contribution in [1.29, 1.82) is 0 Å². The summed E-state index contributed by atoms with van der Waals surface area (Å²) in [4.78, 5) is 14.7. The normalized spacial score (nSPS) is 27.1. The summed E-state index contributed by atoms with van der Waals surface area (Å²) in [6.45, 7) is 6.43. The van der Waals surface area contributed by atoms with Crippen LogP contribution in [-0.2, 0) is 10.0 Å². The molecular weight excluding hydrogens is 386 g/mol. The number of halogens is 1. The first-order valence-corrected chi connectivity index (χ1v) is 10.9. The van der Waals surface area contributed by atoms with E-state index in [0.29, 0.717) is 43.6 Å². The van der Waals surface area contributed by atoms with Gasteiger partial charge in [-0.15, -0.1) is 12.4 Å². The SMILES string of the molecule is CC1CC(C)CN(S(=O)(=O)c2cccc(C(=O)N3CCCC(N)C3)c2)C1.Cl. The standard InChI is InChI=1S/C19H29N3O3S.ClH/c1-14-9-15(2)12-22(11-14)26(24,25)18-7-3-5-16(10-18)19(23)21-8-4-6-17(20)13-21;/h3,5,7,10,14-15,17H,4,6,8-9,11-13,20H2,1-2H3;1H. The largest absolute Gasteiger partial charge is 0.337 e. The quantitative estimate of drug-likeness (QED) is 0.821. The molecule has 0 bridgehead atoms. The van der Waals surface area contributed by atoms with Gasteiger partial charge in [0.05, 0.1) is 4.90 Å². The van der Waals surface area contributed by atoms with Gasteiger partial charge in [-0.25, -0.2) is 8.42 Å². The van der Waals surface area contributed by atoms with Crippen LogP contribution in [0.2, 0.25) is 0 Å². The first kappa shape index (κ1) is 22.1. The Morgan fingerprint density at radius 3 is 2.44 bits per heavy atom. The molecule has 1 amide bonds. The van der Waals surface area contributed by atoms with Crippen LogP contribution in [0.4, 0.5) is 0 Å². The molecule has 2 saturated heterocycles. The molecule has 2 aliphatic heterocycles. The topological polar surface area (TPSA) is 83.7 Å². The molecule has 0 aromatic heterocycles. The van der Waals surface area contributed by atoms with Crippen molar-refractivity contribution >= 4 is 28.3 Å². The third-order valence-corrected chi connectivity index (χ3v) is 7.13. The molecule has 0 spiro atoms. The van der Waals surface area contributed by atoms with E-state index in [2.05, 4.69) is 13.8 Å². The number of carbonyl (C=O) groups is 1. The fraction of sp³-hybridized carbons (Fsp3) is 0.632. The highest BCUT2D eigenvalue weighted by Gasteiger charge is 2.32. The Kier molecular flexibility index (Phi) is 7.30. The van der Waals surface area contributed by atoms with Crippen LogP contribution < -0.4 is 5.73 Å². The van der Waals surface area contributed by atoms with Crippen molar-refractivity contribution in [3.63, 3.8) is 0 Å². The first-order chi connectivity index (χ1) is 12.3. The smallest absolute Gasteiger partial charge is 0.253 e. The van der Waals surface area contributed by atoms with Crippen LogP contribution in [-0.4, -0.2) is 55.8 Å². The van der Waals surface area contributed by atoms with Crippen LogP contribution in [0.5, 0.6) is 0 Å². The number of amides is 1. The van der Waals surface area contributed by atoms with Crippen molar-refractivity contribution in [3.05, 3.63) is 29.8 Å². The third-order valence-electron chi connectivity index (χ3n) is 5.30. The molecule has 3 atom stereocenters. The number of carbonyl (C=O) groups excluding carboxylic acids is 1. The number of hydrogen-bond acceptors (Lipinski definition) is 4. The maximum absolute atomic E-state index is 13.1. The van der Waals surface area contributed by atoms with Gasteiger partial charge < -0.3 is 10.6 Å². The van der Waals surface area contributed by atoms with Crippen LogP contribution >= 0.6 is 12.4 Å². The Hall–Kier alpha value is -1.15. The van der Waals surface area contributed by atoms with Crippen molar-refractivity contribution in [3.8, 4) is 0 Å². The summed E-state index contributed by atoms with van der Waals surface area (Å²) >= 11 is 0. The summed E-state index contributed by atoms with van der Waals surface area (Å²) in [6.07, 6.45) is 2.84. The molecule has 0 radical (unpaired) electrons. The Morgan fingerprint density at radius 2 is 1.81 bits per heavy atom. The first-order valence-electron chi connectivity index (χ1n) is 9.42. The van der Waals surface area contributed by atoms with Gasteiger partial charge in [-0.05, 0) is 49.3 Å². The lowest BCUT2D eigenvalue weighted by atomic mass is 9.94. The van der Waals surface area contributed by atoms with E-state index in [1.165, 1.54) is 6.07 Å². The second kappa shape index (κ2) is 8.90. The molecule has 8 heteroatoms. The van der Waals surface area contributed by atoms with E-state index in [4.69, 9.17) is 5.73 Å². The molecule has 2 fully saturated rings. The highest BCUT2D eigenvalue weighted by molar-refractivity contribution is 7.89. The summed E-state index contributed by atoms with van der Waals surface area (Å²) in [5, 5.41) is 0. The highest BCUT2D eigenvalue weighted by atomic mass is 35.5. The Labute approximate surface area is 168 Å². The number of nitrogens with two attached hydrogens (primary N) is 1. The van der Waals surface area contributed by atoms with Gasteiger partial charge in [0.2, 0.25) is 10.0 Å². The van der Waals surface area contributed by atoms with Gasteiger partial charge in [0.1, 0.15) is 0 Å². The molecule has 6 nitrogen and oxygen atoms in total. The zero-order valence-electron chi connectivity index (χ0n) is 16.0. The molecular formula is C19H30ClN3O3S. The summed E-state index contributed by atoms with van der Waals surface area (Å²) in [5.74, 6) is 0.541. The zero-order valence-corrected chi connectivity index (χ0v) is 17.6. The number of rotatable bonds is 3. The van der Waals surface area contributed by atoms with Gasteiger partial charge in [-0.1, -0.05) is 19.9 Å². The summed E-state index contributed by atoms with van der Waals surface area (Å²) < 4.78 is 27.7. The van der Waals surface area contributed by atoms with E-state index in [0.717, 1.165) is 19.3 Å². The molecule has 2 aliphatic rings. The van der Waals surface area contributed by atoms with Gasteiger partial charge in [0.25, 0.3) is 5.91 Å². The minimum absolute atomic E-state index is 0. The number of likely N-dealkylation sites (tertiary alicyclic amines) is 1. The minimum Gasteiger partial charge on any atom is -0.337 e. The van der Waals surface area contributed by atoms with Crippen molar-refractivity contribution in [2.75, 3.05) is 26.2 Å². The Bertz CT molecular complexity index is 761. The van der Waals surface area contributed by atoms with Crippen LogP contribution in [0.1, 0.15) is 43.5 Å². The Morgan fingerprint density at radius 1 is 1.15 bits per heavy atom. The van der Waals surface area contributed by atoms with Crippen LogP contribution in [0.3, 0.4) is 0 Å². The number of nitrogens with zero attached hydrogens (tertiary/aromatic N) is 2. The van der Waals surface area contributed by atoms with Crippen molar-refractivity contribution in [2.24, 2.45) is 17.6 Å². The Balaban J connectivity index is 0.00000261. The lowest BCUT2D eigenvalue weighted by Gasteiger charge is -2.34. The fourth-order valence-corrected chi connectivity index (χ4v) is 5.84. The maximum atomic E-state index is 13.1. The lowest BCUT2D eigenvalue weighted by Crippen LogP contribution is -2.45. The predicted molar refractivity (Wildman–Crippen MR) is 109 cm³/mol. The van der Waals surface area contributed by atoms with Crippen LogP contribution in [0.15, 0.2) is 29.2 Å². The van der Waals surface area contributed by atoms with Gasteiger partial charge in [0.15, 0.2) is 0 Å². The van der Waals surface area contributed by atoms with E-state index in [1.807, 2.05) is 0 Å². The van der Waals surface area contributed by atoms with Crippen molar-refractivity contribution in [2.45, 2.75) is 44.0 Å². The number of hydrogen-bond donors (Lipinski definition) is 1. The number of sulfonamides is 1. The number of benzene rings is 1. The minimum atomic E-state index is -3.59. The van der Waals surface area contributed by atoms with Crippen LogP contribution in [0.25, 0.3) is 0 Å². The average Bonchev–Trinajstić information content (AvgIpc) is 2.60. The second-order valence-corrected chi connectivity index (χ2v) is 9.89. The molecule has 2 N–H and O–H groups in total. The van der Waals surface area contributed by atoms with Crippen LogP contribution in [0, 0.1) is 11.8 Å². The molecule has 152 valence electrons. The summed E-state index contributed by atoms with van der Waals surface area (Å²) in [5.41, 5.74) is 6.38. The monoisotopic (exact) mass is 415 g/mol. The molecule has 0 aliphatic carbocycles. The second-order valence-electron chi connectivity index (χ2n) is 7.95. The van der Waals surface area contributed by atoms with E-state index in [-0.39, 0.29) is 29.3 Å². The number of piperidine rings is 2. The van der Waals surface area contributed by atoms with E-state index >= 15 is 0 Å². The average molecular weight is 416 g/mol. The van der Waals surface area contributed by atoms with Crippen molar-refractivity contribution in [1.82, 2.24) is 9.21 Å². The zero-order chi connectivity index (χ0) is 18.9. The fourth-order valence-electron chi connectivity index (χ4n) is 4.12. The van der Waals surface area contributed by atoms with Gasteiger partial charge in [-0.3, -0.25) is 4.79 Å². The summed E-state index contributed by atoms with van der Waals surface area (Å²) in [6, 6.07) is 6.43. The molecule has 0 saturated carbocycles. The van der Waals surface area contributed by atoms with E-state index in [9.17, 15) is 13.2 Å².